The highest BCUT2D eigenvalue weighted by Gasteiger charge is 2.26. The van der Waals surface area contributed by atoms with Crippen LogP contribution in [0.25, 0.3) is 0 Å². The van der Waals surface area contributed by atoms with Gasteiger partial charge in [0.25, 0.3) is 0 Å². The molecule has 0 saturated carbocycles. The summed E-state index contributed by atoms with van der Waals surface area (Å²) in [6.45, 7) is 3.72. The molecule has 3 rings (SSSR count). The zero-order valence-corrected chi connectivity index (χ0v) is 14.6. The van der Waals surface area contributed by atoms with Crippen LogP contribution < -0.4 is 15.0 Å². The molecule has 6 heteroatoms. The Morgan fingerprint density at radius 2 is 2.00 bits per heavy atom. The summed E-state index contributed by atoms with van der Waals surface area (Å²) in [6, 6.07) is 8.53. The summed E-state index contributed by atoms with van der Waals surface area (Å²) in [5, 5.41) is 3.49. The summed E-state index contributed by atoms with van der Waals surface area (Å²) < 4.78 is 5.55. The van der Waals surface area contributed by atoms with E-state index in [0.29, 0.717) is 0 Å². The summed E-state index contributed by atoms with van der Waals surface area (Å²) in [7, 11) is 5.62. The summed E-state index contributed by atoms with van der Waals surface area (Å²) in [6.07, 6.45) is 3.84. The molecule has 1 aliphatic rings. The highest BCUT2D eigenvalue weighted by atomic mass is 16.5. The summed E-state index contributed by atoms with van der Waals surface area (Å²) in [5.41, 5.74) is 2.35. The maximum atomic E-state index is 5.55. The summed E-state index contributed by atoms with van der Waals surface area (Å²) >= 11 is 0. The van der Waals surface area contributed by atoms with Gasteiger partial charge in [0.2, 0.25) is 5.95 Å². The van der Waals surface area contributed by atoms with Crippen molar-refractivity contribution in [3.63, 3.8) is 0 Å². The number of aromatic nitrogens is 2. The van der Waals surface area contributed by atoms with Gasteiger partial charge in [-0.25, -0.2) is 9.97 Å². The number of hydrogen-bond donors (Lipinski definition) is 1. The fourth-order valence-electron chi connectivity index (χ4n) is 3.08. The monoisotopic (exact) mass is 327 g/mol. The van der Waals surface area contributed by atoms with Gasteiger partial charge in [-0.05, 0) is 6.07 Å². The normalized spacial score (nSPS) is 18.4. The molecule has 128 valence electrons. The van der Waals surface area contributed by atoms with Crippen LogP contribution in [0.5, 0.6) is 5.75 Å². The molecule has 1 atom stereocenters. The molecular weight excluding hydrogens is 302 g/mol. The highest BCUT2D eigenvalue weighted by Crippen LogP contribution is 2.31. The fourth-order valence-corrected chi connectivity index (χ4v) is 3.08. The predicted molar refractivity (Wildman–Crippen MR) is 95.4 cm³/mol. The Morgan fingerprint density at radius 3 is 2.71 bits per heavy atom. The number of rotatable bonds is 5. The van der Waals surface area contributed by atoms with Crippen LogP contribution >= 0.6 is 0 Å². The third kappa shape index (κ3) is 3.66. The average Bonchev–Trinajstić information content (AvgIpc) is 2.62. The second kappa shape index (κ2) is 7.59. The minimum atomic E-state index is 0.281. The number of methoxy groups -OCH3 is 1. The van der Waals surface area contributed by atoms with E-state index in [1.54, 1.807) is 7.11 Å². The topological polar surface area (TPSA) is 53.5 Å². The number of para-hydroxylation sites is 1. The van der Waals surface area contributed by atoms with E-state index in [9.17, 15) is 0 Å². The van der Waals surface area contributed by atoms with Crippen LogP contribution in [0.15, 0.2) is 36.7 Å². The maximum Gasteiger partial charge on any atom is 0.224 e. The number of piperazine rings is 1. The Bertz CT molecular complexity index is 659. The van der Waals surface area contributed by atoms with E-state index in [0.717, 1.165) is 43.4 Å². The molecule has 0 radical (unpaired) electrons. The second-order valence-corrected chi connectivity index (χ2v) is 6.22. The lowest BCUT2D eigenvalue weighted by molar-refractivity contribution is 0.150. The summed E-state index contributed by atoms with van der Waals surface area (Å²) in [5.74, 6) is 1.68. The smallest absolute Gasteiger partial charge is 0.224 e. The zero-order valence-electron chi connectivity index (χ0n) is 14.6. The van der Waals surface area contributed by atoms with Crippen molar-refractivity contribution in [2.45, 2.75) is 12.6 Å². The highest BCUT2D eigenvalue weighted by molar-refractivity contribution is 5.36. The Kier molecular flexibility index (Phi) is 5.27. The van der Waals surface area contributed by atoms with Crippen LogP contribution in [-0.2, 0) is 6.54 Å². The molecule has 6 nitrogen and oxygen atoms in total. The van der Waals surface area contributed by atoms with E-state index >= 15 is 0 Å². The maximum absolute atomic E-state index is 5.55. The van der Waals surface area contributed by atoms with E-state index in [-0.39, 0.29) is 6.04 Å². The van der Waals surface area contributed by atoms with Crippen molar-refractivity contribution in [3.05, 3.63) is 47.8 Å². The molecule has 2 heterocycles. The number of anilines is 1. The SMILES string of the molecule is COc1ccccc1[C@H]1CNCCN1Cc1cnc(N(C)C)nc1. The number of benzene rings is 1. The van der Waals surface area contributed by atoms with Crippen molar-refractivity contribution in [1.29, 1.82) is 0 Å². The first-order chi connectivity index (χ1) is 11.7. The lowest BCUT2D eigenvalue weighted by Gasteiger charge is -2.37. The van der Waals surface area contributed by atoms with Gasteiger partial charge in [0, 0.05) is 63.8 Å². The van der Waals surface area contributed by atoms with Crippen LogP contribution in [0, 0.1) is 0 Å². The quantitative estimate of drug-likeness (QED) is 0.902. The Balaban J connectivity index is 1.79. The van der Waals surface area contributed by atoms with Crippen molar-refractivity contribution in [1.82, 2.24) is 20.2 Å². The Hall–Kier alpha value is -2.18. The minimum Gasteiger partial charge on any atom is -0.496 e. The number of nitrogens with zero attached hydrogens (tertiary/aromatic N) is 4. The van der Waals surface area contributed by atoms with E-state index in [2.05, 4.69) is 32.3 Å². The molecule has 1 aromatic heterocycles. The number of hydrogen-bond acceptors (Lipinski definition) is 6. The third-order valence-electron chi connectivity index (χ3n) is 4.33. The van der Waals surface area contributed by atoms with Crippen LogP contribution in [0.1, 0.15) is 17.2 Å². The molecule has 0 amide bonds. The molecule has 1 fully saturated rings. The number of nitrogens with one attached hydrogen (secondary N) is 1. The van der Waals surface area contributed by atoms with Crippen molar-refractivity contribution in [2.75, 3.05) is 45.7 Å². The van der Waals surface area contributed by atoms with Crippen LogP contribution in [0.2, 0.25) is 0 Å². The molecule has 1 saturated heterocycles. The van der Waals surface area contributed by atoms with Gasteiger partial charge in [0.1, 0.15) is 5.75 Å². The van der Waals surface area contributed by atoms with Crippen LogP contribution in [0.3, 0.4) is 0 Å². The molecule has 1 aliphatic heterocycles. The molecule has 0 aliphatic carbocycles. The molecule has 0 bridgehead atoms. The molecule has 0 spiro atoms. The van der Waals surface area contributed by atoms with Gasteiger partial charge < -0.3 is 15.0 Å². The van der Waals surface area contributed by atoms with Gasteiger partial charge in [0.05, 0.1) is 13.2 Å². The van der Waals surface area contributed by atoms with Crippen molar-refractivity contribution < 1.29 is 4.74 Å². The minimum absolute atomic E-state index is 0.281. The first kappa shape index (κ1) is 16.7. The molecule has 24 heavy (non-hydrogen) atoms. The lowest BCUT2D eigenvalue weighted by Crippen LogP contribution is -2.45. The van der Waals surface area contributed by atoms with Crippen molar-refractivity contribution >= 4 is 5.95 Å². The third-order valence-corrected chi connectivity index (χ3v) is 4.33. The molecular formula is C18H25N5O. The first-order valence-electron chi connectivity index (χ1n) is 8.25. The zero-order chi connectivity index (χ0) is 16.9. The predicted octanol–water partition coefficient (Wildman–Crippen LogP) is 1.70. The van der Waals surface area contributed by atoms with Crippen LogP contribution in [-0.4, -0.2) is 55.7 Å². The van der Waals surface area contributed by atoms with E-state index in [1.165, 1.54) is 5.56 Å². The fraction of sp³-hybridized carbons (Fsp3) is 0.444. The van der Waals surface area contributed by atoms with Crippen molar-refractivity contribution in [3.8, 4) is 5.75 Å². The second-order valence-electron chi connectivity index (χ2n) is 6.22. The van der Waals surface area contributed by atoms with Gasteiger partial charge in [-0.1, -0.05) is 18.2 Å². The van der Waals surface area contributed by atoms with E-state index in [1.807, 2.05) is 43.5 Å². The van der Waals surface area contributed by atoms with Crippen LogP contribution in [0.4, 0.5) is 5.95 Å². The Labute approximate surface area is 143 Å². The van der Waals surface area contributed by atoms with Gasteiger partial charge >= 0.3 is 0 Å². The molecule has 1 aromatic carbocycles. The Morgan fingerprint density at radius 1 is 1.25 bits per heavy atom. The van der Waals surface area contributed by atoms with Gasteiger partial charge in [0.15, 0.2) is 0 Å². The number of ether oxygens (including phenoxy) is 1. The standard InChI is InChI=1S/C18H25N5O/c1-22(2)18-20-10-14(11-21-18)13-23-9-8-19-12-16(23)15-6-4-5-7-17(15)24-3/h4-7,10-11,16,19H,8-9,12-13H2,1-3H3/t16-/m1/s1. The average molecular weight is 327 g/mol. The van der Waals surface area contributed by atoms with E-state index in [4.69, 9.17) is 4.74 Å². The first-order valence-corrected chi connectivity index (χ1v) is 8.25. The van der Waals surface area contributed by atoms with Gasteiger partial charge in [-0.3, -0.25) is 4.90 Å². The summed E-state index contributed by atoms with van der Waals surface area (Å²) in [4.78, 5) is 13.2. The largest absolute Gasteiger partial charge is 0.496 e. The molecule has 0 unspecified atom stereocenters. The van der Waals surface area contributed by atoms with E-state index < -0.39 is 0 Å². The van der Waals surface area contributed by atoms with Gasteiger partial charge in [-0.15, -0.1) is 0 Å². The molecule has 1 N–H and O–H groups in total. The van der Waals surface area contributed by atoms with Crippen molar-refractivity contribution in [2.24, 2.45) is 0 Å². The van der Waals surface area contributed by atoms with Gasteiger partial charge in [-0.2, -0.15) is 0 Å². The molecule has 2 aromatic rings. The lowest BCUT2D eigenvalue weighted by atomic mass is 10.0.